The average Bonchev–Trinajstić information content (AvgIpc) is 2.64. The second kappa shape index (κ2) is 7.62. The lowest BCUT2D eigenvalue weighted by Gasteiger charge is -2.21. The van der Waals surface area contributed by atoms with Gasteiger partial charge >= 0.3 is 0 Å². The van der Waals surface area contributed by atoms with Gasteiger partial charge in [-0.25, -0.2) is 0 Å². The zero-order valence-electron chi connectivity index (χ0n) is 11.5. The molecule has 1 aromatic carbocycles. The molecule has 2 atom stereocenters. The molecule has 0 radical (unpaired) electrons. The van der Waals surface area contributed by atoms with Gasteiger partial charge in [0.25, 0.3) is 0 Å². The average molecular weight is 297 g/mol. The fourth-order valence-corrected chi connectivity index (χ4v) is 2.62. The maximum absolute atomic E-state index is 11.9. The van der Waals surface area contributed by atoms with Crippen LogP contribution in [0.4, 0.5) is 5.69 Å². The Labute approximate surface area is 124 Å². The summed E-state index contributed by atoms with van der Waals surface area (Å²) in [6.45, 7) is 0.0175. The van der Waals surface area contributed by atoms with Crippen molar-refractivity contribution in [2.24, 2.45) is 5.73 Å². The van der Waals surface area contributed by atoms with Crippen molar-refractivity contribution in [3.63, 3.8) is 0 Å². The third-order valence-corrected chi connectivity index (χ3v) is 3.91. The van der Waals surface area contributed by atoms with Crippen molar-refractivity contribution < 1.29 is 9.53 Å². The minimum absolute atomic E-state index is 0.0175. The zero-order valence-corrected chi connectivity index (χ0v) is 12.2. The number of carbonyl (C=O) groups is 1. The highest BCUT2D eigenvalue weighted by atomic mass is 35.5. The van der Waals surface area contributed by atoms with Crippen LogP contribution in [-0.2, 0) is 9.53 Å². The van der Waals surface area contributed by atoms with Crippen LogP contribution in [0.5, 0.6) is 0 Å². The maximum Gasteiger partial charge on any atom is 0.250 e. The first-order valence-corrected chi connectivity index (χ1v) is 7.46. The van der Waals surface area contributed by atoms with Gasteiger partial charge in [-0.3, -0.25) is 4.79 Å². The van der Waals surface area contributed by atoms with E-state index in [-0.39, 0.29) is 24.7 Å². The molecule has 0 bridgehead atoms. The first-order valence-electron chi connectivity index (χ1n) is 7.08. The molecule has 1 aliphatic carbocycles. The van der Waals surface area contributed by atoms with Crippen molar-refractivity contribution >= 4 is 23.2 Å². The Morgan fingerprint density at radius 2 is 2.05 bits per heavy atom. The standard InChI is InChI=1S/C15H21ClN2O2/c16-11-6-4-5-8-13(11)18-15(19)10-20-14-9-3-1-2-7-12(14)17/h4-6,8,12,14H,1-3,7,9-10,17H2,(H,18,19). The summed E-state index contributed by atoms with van der Waals surface area (Å²) in [5, 5.41) is 3.26. The Bertz CT molecular complexity index is 453. The molecule has 1 aliphatic rings. The normalized spacial score (nSPS) is 23.1. The predicted octanol–water partition coefficient (Wildman–Crippen LogP) is 2.96. The van der Waals surface area contributed by atoms with Crippen molar-refractivity contribution in [2.75, 3.05) is 11.9 Å². The van der Waals surface area contributed by atoms with E-state index in [4.69, 9.17) is 22.1 Å². The fourth-order valence-electron chi connectivity index (χ4n) is 2.44. The van der Waals surface area contributed by atoms with Gasteiger partial charge in [0.15, 0.2) is 0 Å². The number of ether oxygens (including phenoxy) is 1. The molecule has 1 amide bonds. The van der Waals surface area contributed by atoms with Crippen molar-refractivity contribution in [3.05, 3.63) is 29.3 Å². The van der Waals surface area contributed by atoms with Crippen molar-refractivity contribution in [1.82, 2.24) is 0 Å². The van der Waals surface area contributed by atoms with E-state index in [1.165, 1.54) is 6.42 Å². The summed E-state index contributed by atoms with van der Waals surface area (Å²) in [6.07, 6.45) is 5.34. The number of nitrogens with one attached hydrogen (secondary N) is 1. The molecule has 0 saturated heterocycles. The van der Waals surface area contributed by atoms with Crippen molar-refractivity contribution in [3.8, 4) is 0 Å². The number of hydrogen-bond acceptors (Lipinski definition) is 3. The SMILES string of the molecule is NC1CCCCCC1OCC(=O)Nc1ccccc1Cl. The Morgan fingerprint density at radius 3 is 2.85 bits per heavy atom. The summed E-state index contributed by atoms with van der Waals surface area (Å²) in [5.74, 6) is -0.199. The molecule has 0 heterocycles. The van der Waals surface area contributed by atoms with E-state index in [0.717, 1.165) is 25.7 Å². The molecule has 110 valence electrons. The van der Waals surface area contributed by atoms with Gasteiger partial charge < -0.3 is 15.8 Å². The van der Waals surface area contributed by atoms with Gasteiger partial charge in [0.05, 0.1) is 16.8 Å². The summed E-state index contributed by atoms with van der Waals surface area (Å²) < 4.78 is 5.67. The molecule has 0 aliphatic heterocycles. The van der Waals surface area contributed by atoms with Crippen LogP contribution in [0.2, 0.25) is 5.02 Å². The summed E-state index contributed by atoms with van der Waals surface area (Å²) in [5.41, 5.74) is 6.67. The van der Waals surface area contributed by atoms with Crippen LogP contribution in [0.15, 0.2) is 24.3 Å². The van der Waals surface area contributed by atoms with E-state index >= 15 is 0 Å². The molecule has 4 nitrogen and oxygen atoms in total. The van der Waals surface area contributed by atoms with Crippen LogP contribution < -0.4 is 11.1 Å². The minimum atomic E-state index is -0.199. The third-order valence-electron chi connectivity index (χ3n) is 3.58. The van der Waals surface area contributed by atoms with Crippen LogP contribution in [0.3, 0.4) is 0 Å². The monoisotopic (exact) mass is 296 g/mol. The van der Waals surface area contributed by atoms with Crippen LogP contribution in [-0.4, -0.2) is 24.7 Å². The summed E-state index contributed by atoms with van der Waals surface area (Å²) in [6, 6.07) is 7.17. The fraction of sp³-hybridized carbons (Fsp3) is 0.533. The number of halogens is 1. The number of amides is 1. The van der Waals surface area contributed by atoms with E-state index in [2.05, 4.69) is 5.32 Å². The van der Waals surface area contributed by atoms with Crippen LogP contribution >= 0.6 is 11.6 Å². The molecular weight excluding hydrogens is 276 g/mol. The Balaban J connectivity index is 1.81. The zero-order chi connectivity index (χ0) is 14.4. The lowest BCUT2D eigenvalue weighted by molar-refractivity contribution is -0.123. The minimum Gasteiger partial charge on any atom is -0.367 e. The number of para-hydroxylation sites is 1. The Morgan fingerprint density at radius 1 is 1.30 bits per heavy atom. The quantitative estimate of drug-likeness (QED) is 0.840. The summed E-state index contributed by atoms with van der Waals surface area (Å²) >= 11 is 5.99. The molecule has 0 spiro atoms. The van der Waals surface area contributed by atoms with Gasteiger partial charge in [-0.1, -0.05) is 43.0 Å². The smallest absolute Gasteiger partial charge is 0.250 e. The van der Waals surface area contributed by atoms with E-state index < -0.39 is 0 Å². The number of anilines is 1. The number of carbonyl (C=O) groups excluding carboxylic acids is 1. The molecule has 1 saturated carbocycles. The predicted molar refractivity (Wildman–Crippen MR) is 80.9 cm³/mol. The lowest BCUT2D eigenvalue weighted by atomic mass is 10.1. The second-order valence-electron chi connectivity index (χ2n) is 5.18. The topological polar surface area (TPSA) is 64.3 Å². The number of nitrogens with two attached hydrogens (primary N) is 1. The van der Waals surface area contributed by atoms with Crippen LogP contribution in [0, 0.1) is 0 Å². The molecule has 5 heteroatoms. The van der Waals surface area contributed by atoms with Gasteiger partial charge in [0.2, 0.25) is 5.91 Å². The van der Waals surface area contributed by atoms with Crippen LogP contribution in [0.1, 0.15) is 32.1 Å². The van der Waals surface area contributed by atoms with Gasteiger partial charge in [0, 0.05) is 6.04 Å². The molecule has 2 unspecified atom stereocenters. The van der Waals surface area contributed by atoms with Gasteiger partial charge in [-0.05, 0) is 25.0 Å². The number of benzene rings is 1. The third kappa shape index (κ3) is 4.47. The highest BCUT2D eigenvalue weighted by Crippen LogP contribution is 2.21. The first-order chi connectivity index (χ1) is 9.66. The summed E-state index contributed by atoms with van der Waals surface area (Å²) in [7, 11) is 0. The summed E-state index contributed by atoms with van der Waals surface area (Å²) in [4.78, 5) is 11.9. The van der Waals surface area contributed by atoms with E-state index in [0.29, 0.717) is 10.7 Å². The van der Waals surface area contributed by atoms with Crippen molar-refractivity contribution in [2.45, 2.75) is 44.2 Å². The Kier molecular flexibility index (Phi) is 5.83. The first kappa shape index (κ1) is 15.3. The molecule has 2 rings (SSSR count). The lowest BCUT2D eigenvalue weighted by Crippen LogP contribution is -2.37. The number of hydrogen-bond donors (Lipinski definition) is 2. The van der Waals surface area contributed by atoms with E-state index in [1.807, 2.05) is 12.1 Å². The van der Waals surface area contributed by atoms with Crippen molar-refractivity contribution in [1.29, 1.82) is 0 Å². The molecule has 3 N–H and O–H groups in total. The molecule has 1 fully saturated rings. The molecule has 1 aromatic rings. The highest BCUT2D eigenvalue weighted by molar-refractivity contribution is 6.33. The second-order valence-corrected chi connectivity index (χ2v) is 5.59. The number of rotatable bonds is 4. The van der Waals surface area contributed by atoms with Crippen LogP contribution in [0.25, 0.3) is 0 Å². The maximum atomic E-state index is 11.9. The molecule has 0 aromatic heterocycles. The van der Waals surface area contributed by atoms with E-state index in [9.17, 15) is 4.79 Å². The Hall–Kier alpha value is -1.10. The van der Waals surface area contributed by atoms with Gasteiger partial charge in [-0.2, -0.15) is 0 Å². The molecule has 20 heavy (non-hydrogen) atoms. The largest absolute Gasteiger partial charge is 0.367 e. The van der Waals surface area contributed by atoms with E-state index in [1.54, 1.807) is 12.1 Å². The highest BCUT2D eigenvalue weighted by Gasteiger charge is 2.21. The molecular formula is C15H21ClN2O2. The van der Waals surface area contributed by atoms with Gasteiger partial charge in [0.1, 0.15) is 6.61 Å². The van der Waals surface area contributed by atoms with Gasteiger partial charge in [-0.15, -0.1) is 0 Å².